The molecule has 0 aliphatic heterocycles. The number of carbonyl (C=O) groups excluding carboxylic acids is 1. The fraction of sp³-hybridized carbons (Fsp3) is 0.889. The molecule has 0 N–H and O–H groups in total. The predicted molar refractivity (Wildman–Crippen MR) is 54.2 cm³/mol. The monoisotopic (exact) mass is 219 g/mol. The molecule has 4 nitrogen and oxygen atoms in total. The van der Waals surface area contributed by atoms with Crippen molar-refractivity contribution in [1.29, 1.82) is 0 Å². The number of rotatable bonds is 2. The second kappa shape index (κ2) is 4.29. The van der Waals surface area contributed by atoms with Crippen molar-refractivity contribution in [3.63, 3.8) is 0 Å². The van der Waals surface area contributed by atoms with E-state index in [0.29, 0.717) is 0 Å². The van der Waals surface area contributed by atoms with E-state index in [1.807, 2.05) is 0 Å². The van der Waals surface area contributed by atoms with E-state index in [1.165, 1.54) is 6.92 Å². The molecule has 14 heavy (non-hydrogen) atoms. The lowest BCUT2D eigenvalue weighted by atomic mass is 9.95. The van der Waals surface area contributed by atoms with E-state index in [0.717, 1.165) is 42.7 Å². The van der Waals surface area contributed by atoms with Crippen LogP contribution in [0.25, 0.3) is 0 Å². The molecule has 0 aromatic carbocycles. The van der Waals surface area contributed by atoms with Gasteiger partial charge in [-0.05, 0) is 12.8 Å². The number of sulfonamides is 1. The van der Waals surface area contributed by atoms with E-state index < -0.39 is 10.0 Å². The second-order valence-electron chi connectivity index (χ2n) is 3.87. The first-order valence-corrected chi connectivity index (χ1v) is 6.77. The number of hydrogen-bond acceptors (Lipinski definition) is 3. The molecule has 0 aromatic rings. The topological polar surface area (TPSA) is 54.5 Å². The van der Waals surface area contributed by atoms with Crippen molar-refractivity contribution in [2.75, 3.05) is 6.26 Å². The lowest BCUT2D eigenvalue weighted by Gasteiger charge is -2.31. The van der Waals surface area contributed by atoms with Crippen molar-refractivity contribution in [2.24, 2.45) is 0 Å². The lowest BCUT2D eigenvalue weighted by Crippen LogP contribution is -2.43. The van der Waals surface area contributed by atoms with Crippen molar-refractivity contribution in [1.82, 2.24) is 4.31 Å². The summed E-state index contributed by atoms with van der Waals surface area (Å²) in [5, 5.41) is 0. The SMILES string of the molecule is CC(=O)N(C1CCCCC1)S(C)(=O)=O. The first-order chi connectivity index (χ1) is 6.43. The Balaban J connectivity index is 2.82. The van der Waals surface area contributed by atoms with E-state index in [1.54, 1.807) is 0 Å². The highest BCUT2D eigenvalue weighted by atomic mass is 32.2. The Morgan fingerprint density at radius 2 is 1.71 bits per heavy atom. The summed E-state index contributed by atoms with van der Waals surface area (Å²) in [6.07, 6.45) is 5.91. The summed E-state index contributed by atoms with van der Waals surface area (Å²) in [6, 6.07) is -0.101. The number of amides is 1. The van der Waals surface area contributed by atoms with E-state index in [9.17, 15) is 13.2 Å². The minimum Gasteiger partial charge on any atom is -0.274 e. The fourth-order valence-electron chi connectivity index (χ4n) is 2.08. The van der Waals surface area contributed by atoms with Gasteiger partial charge in [-0.2, -0.15) is 0 Å². The van der Waals surface area contributed by atoms with Gasteiger partial charge >= 0.3 is 0 Å². The molecule has 0 radical (unpaired) electrons. The zero-order valence-corrected chi connectivity index (χ0v) is 9.51. The van der Waals surface area contributed by atoms with Crippen molar-refractivity contribution < 1.29 is 13.2 Å². The maximum atomic E-state index is 11.4. The average Bonchev–Trinajstić information content (AvgIpc) is 2.02. The molecule has 0 aromatic heterocycles. The van der Waals surface area contributed by atoms with E-state index in [4.69, 9.17) is 0 Å². The minimum absolute atomic E-state index is 0.101. The van der Waals surface area contributed by atoms with Gasteiger partial charge in [0.05, 0.1) is 6.26 Å². The van der Waals surface area contributed by atoms with Crippen LogP contribution in [0.5, 0.6) is 0 Å². The van der Waals surface area contributed by atoms with Gasteiger partial charge in [-0.1, -0.05) is 19.3 Å². The molecular formula is C9H17NO3S. The Morgan fingerprint density at radius 1 is 1.21 bits per heavy atom. The fourth-order valence-corrected chi connectivity index (χ4v) is 3.30. The van der Waals surface area contributed by atoms with Crippen LogP contribution in [0.3, 0.4) is 0 Å². The van der Waals surface area contributed by atoms with Crippen LogP contribution >= 0.6 is 0 Å². The van der Waals surface area contributed by atoms with Crippen LogP contribution in [0.2, 0.25) is 0 Å². The van der Waals surface area contributed by atoms with Crippen LogP contribution in [0.1, 0.15) is 39.0 Å². The van der Waals surface area contributed by atoms with Gasteiger partial charge < -0.3 is 0 Å². The van der Waals surface area contributed by atoms with Crippen molar-refractivity contribution >= 4 is 15.9 Å². The third kappa shape index (κ3) is 2.70. The largest absolute Gasteiger partial charge is 0.274 e. The van der Waals surface area contributed by atoms with Gasteiger partial charge in [0.15, 0.2) is 0 Å². The highest BCUT2D eigenvalue weighted by molar-refractivity contribution is 7.88. The van der Waals surface area contributed by atoms with E-state index >= 15 is 0 Å². The maximum absolute atomic E-state index is 11.4. The summed E-state index contributed by atoms with van der Waals surface area (Å²) in [4.78, 5) is 11.2. The maximum Gasteiger partial charge on any atom is 0.234 e. The Bertz CT molecular complexity index is 304. The molecule has 0 bridgehead atoms. The first-order valence-electron chi connectivity index (χ1n) is 4.93. The number of nitrogens with zero attached hydrogens (tertiary/aromatic N) is 1. The zero-order chi connectivity index (χ0) is 10.8. The van der Waals surface area contributed by atoms with Gasteiger partial charge in [0.1, 0.15) is 0 Å². The van der Waals surface area contributed by atoms with Crippen molar-refractivity contribution in [2.45, 2.75) is 45.1 Å². The summed E-state index contributed by atoms with van der Waals surface area (Å²) in [5.41, 5.74) is 0. The van der Waals surface area contributed by atoms with Crippen LogP contribution in [0, 0.1) is 0 Å². The third-order valence-corrected chi connectivity index (χ3v) is 3.84. The van der Waals surface area contributed by atoms with Gasteiger partial charge in [0, 0.05) is 13.0 Å². The number of carbonyl (C=O) groups is 1. The van der Waals surface area contributed by atoms with Gasteiger partial charge in [-0.3, -0.25) is 4.79 Å². The molecule has 1 rings (SSSR count). The molecule has 0 atom stereocenters. The molecule has 1 amide bonds. The highest BCUT2D eigenvalue weighted by Crippen LogP contribution is 2.24. The van der Waals surface area contributed by atoms with Crippen molar-refractivity contribution in [3.8, 4) is 0 Å². The Kier molecular flexibility index (Phi) is 3.53. The second-order valence-corrected chi connectivity index (χ2v) is 5.73. The van der Waals surface area contributed by atoms with Crippen LogP contribution < -0.4 is 0 Å². The average molecular weight is 219 g/mol. The first kappa shape index (κ1) is 11.5. The predicted octanol–water partition coefficient (Wildman–Crippen LogP) is 1.13. The summed E-state index contributed by atoms with van der Waals surface area (Å²) >= 11 is 0. The summed E-state index contributed by atoms with van der Waals surface area (Å²) in [7, 11) is -3.38. The smallest absolute Gasteiger partial charge is 0.234 e. The Labute approximate surface area is 85.3 Å². The highest BCUT2D eigenvalue weighted by Gasteiger charge is 2.29. The molecular weight excluding hydrogens is 202 g/mol. The summed E-state index contributed by atoms with van der Waals surface area (Å²) in [5.74, 6) is -0.362. The lowest BCUT2D eigenvalue weighted by molar-refractivity contribution is -0.126. The Hall–Kier alpha value is -0.580. The van der Waals surface area contributed by atoms with Crippen LogP contribution in [-0.4, -0.2) is 30.9 Å². The molecule has 5 heteroatoms. The molecule has 0 spiro atoms. The normalized spacial score (nSPS) is 19.3. The molecule has 1 aliphatic carbocycles. The molecule has 1 saturated carbocycles. The molecule has 1 fully saturated rings. The van der Waals surface area contributed by atoms with Crippen molar-refractivity contribution in [3.05, 3.63) is 0 Å². The van der Waals surface area contributed by atoms with Gasteiger partial charge in [-0.25, -0.2) is 12.7 Å². The van der Waals surface area contributed by atoms with Gasteiger partial charge in [0.2, 0.25) is 15.9 Å². The molecule has 0 unspecified atom stereocenters. The van der Waals surface area contributed by atoms with Gasteiger partial charge in [0.25, 0.3) is 0 Å². The number of hydrogen-bond donors (Lipinski definition) is 0. The van der Waals surface area contributed by atoms with E-state index in [-0.39, 0.29) is 11.9 Å². The van der Waals surface area contributed by atoms with Crippen LogP contribution in [0.15, 0.2) is 0 Å². The Morgan fingerprint density at radius 3 is 2.07 bits per heavy atom. The third-order valence-electron chi connectivity index (χ3n) is 2.57. The zero-order valence-electron chi connectivity index (χ0n) is 8.69. The molecule has 1 aliphatic rings. The van der Waals surface area contributed by atoms with Crippen LogP contribution in [0.4, 0.5) is 0 Å². The quantitative estimate of drug-likeness (QED) is 0.699. The summed E-state index contributed by atoms with van der Waals surface area (Å²) < 4.78 is 23.8. The summed E-state index contributed by atoms with van der Waals surface area (Å²) in [6.45, 7) is 1.32. The molecule has 0 saturated heterocycles. The van der Waals surface area contributed by atoms with Crippen LogP contribution in [-0.2, 0) is 14.8 Å². The standard InChI is InChI=1S/C9H17NO3S/c1-8(11)10(14(2,12)13)9-6-4-3-5-7-9/h9H,3-7H2,1-2H3. The minimum atomic E-state index is -3.38. The molecule has 0 heterocycles. The van der Waals surface area contributed by atoms with Gasteiger partial charge in [-0.15, -0.1) is 0 Å². The van der Waals surface area contributed by atoms with E-state index in [2.05, 4.69) is 0 Å². The molecule has 82 valence electrons.